The molecule has 28 heavy (non-hydrogen) atoms. The number of ether oxygens (including phenoxy) is 2. The van der Waals surface area contributed by atoms with E-state index in [1.54, 1.807) is 17.0 Å². The highest BCUT2D eigenvalue weighted by Gasteiger charge is 2.36. The average Bonchev–Trinajstić information content (AvgIpc) is 3.04. The molecule has 0 bridgehead atoms. The predicted molar refractivity (Wildman–Crippen MR) is 109 cm³/mol. The largest absolute Gasteiger partial charge is 0.494 e. The van der Waals surface area contributed by atoms with E-state index in [2.05, 4.69) is 20.8 Å². The van der Waals surface area contributed by atoms with Crippen LogP contribution in [0, 0.1) is 5.92 Å². The number of nitrogens with zero attached hydrogens (tertiary/aromatic N) is 1. The fourth-order valence-electron chi connectivity index (χ4n) is 3.23. The summed E-state index contributed by atoms with van der Waals surface area (Å²) in [5.41, 5.74) is 1.97. The minimum absolute atomic E-state index is 0.0403. The van der Waals surface area contributed by atoms with Crippen molar-refractivity contribution in [1.82, 2.24) is 0 Å². The zero-order valence-electron chi connectivity index (χ0n) is 16.9. The fourth-order valence-corrected chi connectivity index (χ4v) is 3.23. The minimum Gasteiger partial charge on any atom is -0.494 e. The Bertz CT molecular complexity index is 834. The van der Waals surface area contributed by atoms with Gasteiger partial charge >= 0.3 is 5.97 Å². The van der Waals surface area contributed by atoms with Gasteiger partial charge in [-0.15, -0.1) is 0 Å². The SMILES string of the molecule is CCOc1ccc(N2C[C@H](C(=O)Oc3ccc(C(C)(C)C)cc3)CC2=O)cc1. The first kappa shape index (κ1) is 19.9. The van der Waals surface area contributed by atoms with Gasteiger partial charge in [-0.2, -0.15) is 0 Å². The molecule has 0 radical (unpaired) electrons. The zero-order chi connectivity index (χ0) is 20.3. The minimum atomic E-state index is -0.471. The van der Waals surface area contributed by atoms with Gasteiger partial charge in [0.2, 0.25) is 5.91 Å². The molecule has 0 saturated carbocycles. The highest BCUT2D eigenvalue weighted by Crippen LogP contribution is 2.29. The van der Waals surface area contributed by atoms with Crippen molar-refractivity contribution in [1.29, 1.82) is 0 Å². The summed E-state index contributed by atoms with van der Waals surface area (Å²) in [6, 6.07) is 14.9. The lowest BCUT2D eigenvalue weighted by molar-refractivity contribution is -0.139. The third-order valence-corrected chi connectivity index (χ3v) is 4.86. The number of benzene rings is 2. The van der Waals surface area contributed by atoms with Crippen molar-refractivity contribution in [2.45, 2.75) is 39.5 Å². The van der Waals surface area contributed by atoms with Crippen LogP contribution in [0.15, 0.2) is 48.5 Å². The molecular weight excluding hydrogens is 354 g/mol. The van der Waals surface area contributed by atoms with Crippen LogP contribution in [0.25, 0.3) is 0 Å². The van der Waals surface area contributed by atoms with Crippen molar-refractivity contribution in [3.8, 4) is 11.5 Å². The van der Waals surface area contributed by atoms with Gasteiger partial charge in [0.15, 0.2) is 0 Å². The Morgan fingerprint density at radius 1 is 1.04 bits per heavy atom. The number of rotatable bonds is 5. The van der Waals surface area contributed by atoms with E-state index in [1.165, 1.54) is 5.56 Å². The summed E-state index contributed by atoms with van der Waals surface area (Å²) in [6.45, 7) is 9.23. The van der Waals surface area contributed by atoms with E-state index in [0.29, 0.717) is 18.9 Å². The topological polar surface area (TPSA) is 55.8 Å². The summed E-state index contributed by atoms with van der Waals surface area (Å²) in [5.74, 6) is 0.346. The van der Waals surface area contributed by atoms with Crippen molar-refractivity contribution >= 4 is 17.6 Å². The van der Waals surface area contributed by atoms with Gasteiger partial charge in [0.1, 0.15) is 11.5 Å². The quantitative estimate of drug-likeness (QED) is 0.571. The lowest BCUT2D eigenvalue weighted by Gasteiger charge is -2.19. The molecule has 148 valence electrons. The molecule has 5 heteroatoms. The van der Waals surface area contributed by atoms with Crippen molar-refractivity contribution in [2.75, 3.05) is 18.1 Å². The Morgan fingerprint density at radius 2 is 1.64 bits per heavy atom. The molecule has 5 nitrogen and oxygen atoms in total. The molecule has 1 amide bonds. The molecule has 0 aromatic heterocycles. The van der Waals surface area contributed by atoms with Crippen LogP contribution in [0.4, 0.5) is 5.69 Å². The normalized spacial score (nSPS) is 16.9. The van der Waals surface area contributed by atoms with Gasteiger partial charge in [-0.1, -0.05) is 32.9 Å². The van der Waals surface area contributed by atoms with Gasteiger partial charge in [-0.05, 0) is 54.3 Å². The second kappa shape index (κ2) is 8.05. The highest BCUT2D eigenvalue weighted by atomic mass is 16.5. The Morgan fingerprint density at radius 3 is 2.21 bits per heavy atom. The van der Waals surface area contributed by atoms with Crippen LogP contribution in [0.3, 0.4) is 0 Å². The summed E-state index contributed by atoms with van der Waals surface area (Å²) < 4.78 is 10.9. The predicted octanol–water partition coefficient (Wildman–Crippen LogP) is 4.34. The van der Waals surface area contributed by atoms with E-state index >= 15 is 0 Å². The molecule has 1 heterocycles. The third kappa shape index (κ3) is 4.53. The second-order valence-corrected chi connectivity index (χ2v) is 8.03. The van der Waals surface area contributed by atoms with Gasteiger partial charge in [0, 0.05) is 18.7 Å². The first-order valence-corrected chi connectivity index (χ1v) is 9.63. The van der Waals surface area contributed by atoms with E-state index in [1.807, 2.05) is 43.3 Å². The van der Waals surface area contributed by atoms with E-state index in [9.17, 15) is 9.59 Å². The van der Waals surface area contributed by atoms with Crippen LogP contribution >= 0.6 is 0 Å². The number of amides is 1. The van der Waals surface area contributed by atoms with Crippen LogP contribution in [-0.4, -0.2) is 25.0 Å². The first-order chi connectivity index (χ1) is 13.3. The van der Waals surface area contributed by atoms with E-state index < -0.39 is 5.92 Å². The molecule has 3 rings (SSSR count). The Balaban J connectivity index is 1.63. The monoisotopic (exact) mass is 381 g/mol. The van der Waals surface area contributed by atoms with Gasteiger partial charge in [0.25, 0.3) is 0 Å². The molecule has 1 aliphatic rings. The van der Waals surface area contributed by atoms with Crippen LogP contribution < -0.4 is 14.4 Å². The van der Waals surface area contributed by atoms with Crippen LogP contribution in [0.5, 0.6) is 11.5 Å². The Hall–Kier alpha value is -2.82. The lowest BCUT2D eigenvalue weighted by Crippen LogP contribution is -2.27. The van der Waals surface area contributed by atoms with Crippen molar-refractivity contribution in [2.24, 2.45) is 5.92 Å². The van der Waals surface area contributed by atoms with Gasteiger partial charge < -0.3 is 14.4 Å². The first-order valence-electron chi connectivity index (χ1n) is 9.63. The average molecular weight is 381 g/mol. The van der Waals surface area contributed by atoms with E-state index in [0.717, 1.165) is 11.4 Å². The molecule has 0 aliphatic carbocycles. The summed E-state index contributed by atoms with van der Waals surface area (Å²) in [7, 11) is 0. The van der Waals surface area contributed by atoms with Gasteiger partial charge in [0.05, 0.1) is 12.5 Å². The number of hydrogen-bond donors (Lipinski definition) is 0. The highest BCUT2D eigenvalue weighted by molar-refractivity contribution is 5.99. The number of esters is 1. The summed E-state index contributed by atoms with van der Waals surface area (Å²) in [4.78, 5) is 26.6. The van der Waals surface area contributed by atoms with Crippen molar-refractivity contribution < 1.29 is 19.1 Å². The molecule has 1 saturated heterocycles. The maximum atomic E-state index is 12.5. The van der Waals surface area contributed by atoms with Gasteiger partial charge in [-0.3, -0.25) is 9.59 Å². The van der Waals surface area contributed by atoms with E-state index in [-0.39, 0.29) is 23.7 Å². The Kier molecular flexibility index (Phi) is 5.73. The fraction of sp³-hybridized carbons (Fsp3) is 0.391. The smallest absolute Gasteiger partial charge is 0.316 e. The number of carbonyl (C=O) groups excluding carboxylic acids is 2. The molecule has 2 aromatic carbocycles. The van der Waals surface area contributed by atoms with Crippen molar-refractivity contribution in [3.63, 3.8) is 0 Å². The van der Waals surface area contributed by atoms with E-state index in [4.69, 9.17) is 9.47 Å². The van der Waals surface area contributed by atoms with Crippen LogP contribution in [0.2, 0.25) is 0 Å². The molecule has 1 atom stereocenters. The Labute approximate surface area is 166 Å². The standard InChI is InChI=1S/C23H27NO4/c1-5-27-19-12-8-18(9-13-19)24-15-16(14-21(24)25)22(26)28-20-10-6-17(7-11-20)23(2,3)4/h6-13,16H,5,14-15H2,1-4H3/t16-/m1/s1. The third-order valence-electron chi connectivity index (χ3n) is 4.86. The molecule has 1 fully saturated rings. The summed E-state index contributed by atoms with van der Waals surface area (Å²) in [5, 5.41) is 0. The van der Waals surface area contributed by atoms with Gasteiger partial charge in [-0.25, -0.2) is 0 Å². The van der Waals surface area contributed by atoms with Crippen LogP contribution in [-0.2, 0) is 15.0 Å². The maximum Gasteiger partial charge on any atom is 0.316 e. The zero-order valence-corrected chi connectivity index (χ0v) is 16.9. The molecule has 0 spiro atoms. The molecule has 0 N–H and O–H groups in total. The number of anilines is 1. The number of carbonyl (C=O) groups is 2. The van der Waals surface area contributed by atoms with Crippen molar-refractivity contribution in [3.05, 3.63) is 54.1 Å². The molecule has 2 aromatic rings. The molecular formula is C23H27NO4. The van der Waals surface area contributed by atoms with Crippen LogP contribution in [0.1, 0.15) is 39.7 Å². The maximum absolute atomic E-state index is 12.5. The lowest BCUT2D eigenvalue weighted by atomic mass is 9.87. The number of hydrogen-bond acceptors (Lipinski definition) is 4. The summed E-state index contributed by atoms with van der Waals surface area (Å²) >= 11 is 0. The summed E-state index contributed by atoms with van der Waals surface area (Å²) in [6.07, 6.45) is 0.159. The second-order valence-electron chi connectivity index (χ2n) is 8.03. The molecule has 0 unspecified atom stereocenters. The molecule has 1 aliphatic heterocycles.